The summed E-state index contributed by atoms with van der Waals surface area (Å²) in [4.78, 5) is 27.2. The summed E-state index contributed by atoms with van der Waals surface area (Å²) in [7, 11) is 1.23. The number of carbonyl (C=O) groups excluding carboxylic acids is 2. The number of ether oxygens (including phenoxy) is 2. The zero-order valence-electron chi connectivity index (χ0n) is 21.8. The first kappa shape index (κ1) is 25.8. The molecular formula is C28H37NO5. The molecule has 1 heterocycles. The molecular weight excluding hydrogens is 430 g/mol. The molecule has 0 saturated carbocycles. The number of nitrogens with zero attached hydrogens (tertiary/aromatic N) is 1. The first-order chi connectivity index (χ1) is 15.6. The first-order valence-corrected chi connectivity index (χ1v) is 11.7. The summed E-state index contributed by atoms with van der Waals surface area (Å²) < 4.78 is 10.6. The monoisotopic (exact) mass is 467 g/mol. The molecule has 0 aromatic heterocycles. The van der Waals surface area contributed by atoms with Crippen LogP contribution in [0, 0.1) is 11.8 Å². The Balaban J connectivity index is 2.23. The average Bonchev–Trinajstić information content (AvgIpc) is 3.03. The van der Waals surface area contributed by atoms with Gasteiger partial charge in [-0.1, -0.05) is 51.8 Å². The van der Waals surface area contributed by atoms with E-state index in [0.29, 0.717) is 5.56 Å². The summed E-state index contributed by atoms with van der Waals surface area (Å²) >= 11 is 0. The van der Waals surface area contributed by atoms with Gasteiger partial charge in [0.25, 0.3) is 0 Å². The smallest absolute Gasteiger partial charge is 0.415 e. The topological polar surface area (TPSA) is 76.1 Å². The SMILES string of the molecule is CC#CC1=CN(C(=O)OC(C)(C)C)C(C(=O)OC)C1(O)c1ccc2c(c1)C(C)(C)CCC2(C)C. The third kappa shape index (κ3) is 4.34. The Bertz CT molecular complexity index is 1100. The van der Waals surface area contributed by atoms with Gasteiger partial charge in [-0.05, 0) is 68.1 Å². The fraction of sp³-hybridized carbons (Fsp3) is 0.571. The summed E-state index contributed by atoms with van der Waals surface area (Å²) in [5.41, 5.74) is 0.286. The van der Waals surface area contributed by atoms with E-state index >= 15 is 0 Å². The number of methoxy groups -OCH3 is 1. The van der Waals surface area contributed by atoms with Crippen LogP contribution in [-0.4, -0.2) is 40.8 Å². The van der Waals surface area contributed by atoms with Crippen molar-refractivity contribution in [3.63, 3.8) is 0 Å². The predicted octanol–water partition coefficient (Wildman–Crippen LogP) is 4.92. The highest BCUT2D eigenvalue weighted by molar-refractivity contribution is 5.87. The zero-order chi connectivity index (χ0) is 25.7. The molecule has 3 rings (SSSR count). The van der Waals surface area contributed by atoms with E-state index < -0.39 is 29.3 Å². The minimum atomic E-state index is -1.89. The van der Waals surface area contributed by atoms with E-state index in [2.05, 4.69) is 39.5 Å². The molecule has 0 radical (unpaired) electrons. The standard InChI is InChI=1S/C28H37NO5/c1-10-11-19-17-29(24(31)34-25(2,3)4)22(23(30)33-9)28(19,32)18-12-13-20-21(16-18)27(7,8)15-14-26(20,5)6/h12-13,16-17,22,32H,14-15H2,1-9H3. The fourth-order valence-electron chi connectivity index (χ4n) is 4.93. The molecule has 1 aliphatic heterocycles. The van der Waals surface area contributed by atoms with Crippen LogP contribution in [0.15, 0.2) is 30.0 Å². The Hall–Kier alpha value is -2.78. The van der Waals surface area contributed by atoms with Gasteiger partial charge >= 0.3 is 12.1 Å². The van der Waals surface area contributed by atoms with Crippen molar-refractivity contribution >= 4 is 12.1 Å². The van der Waals surface area contributed by atoms with Gasteiger partial charge in [0.05, 0.1) is 12.7 Å². The van der Waals surface area contributed by atoms with Crippen LogP contribution >= 0.6 is 0 Å². The number of benzene rings is 1. The minimum Gasteiger partial charge on any atom is -0.467 e. The number of amides is 1. The van der Waals surface area contributed by atoms with Gasteiger partial charge in [-0.2, -0.15) is 0 Å². The van der Waals surface area contributed by atoms with Gasteiger partial charge in [-0.15, -0.1) is 5.92 Å². The second kappa shape index (κ2) is 8.46. The van der Waals surface area contributed by atoms with Crippen LogP contribution in [0.25, 0.3) is 0 Å². The van der Waals surface area contributed by atoms with Crippen LogP contribution in [0.2, 0.25) is 0 Å². The lowest BCUT2D eigenvalue weighted by Crippen LogP contribution is -2.53. The highest BCUT2D eigenvalue weighted by atomic mass is 16.6. The number of hydrogen-bond acceptors (Lipinski definition) is 5. The van der Waals surface area contributed by atoms with Crippen molar-refractivity contribution in [2.24, 2.45) is 0 Å². The molecule has 0 fully saturated rings. The molecule has 2 aliphatic rings. The van der Waals surface area contributed by atoms with Crippen LogP contribution in [0.4, 0.5) is 4.79 Å². The molecule has 1 aromatic rings. The Kier molecular flexibility index (Phi) is 6.43. The molecule has 1 aromatic carbocycles. The fourth-order valence-corrected chi connectivity index (χ4v) is 4.93. The van der Waals surface area contributed by atoms with Crippen LogP contribution in [0.1, 0.15) is 84.9 Å². The van der Waals surface area contributed by atoms with Crippen molar-refractivity contribution in [3.05, 3.63) is 46.7 Å². The third-order valence-corrected chi connectivity index (χ3v) is 6.93. The highest BCUT2D eigenvalue weighted by Gasteiger charge is 2.56. The quantitative estimate of drug-likeness (QED) is 0.493. The van der Waals surface area contributed by atoms with Crippen LogP contribution < -0.4 is 0 Å². The second-order valence-corrected chi connectivity index (χ2v) is 11.5. The van der Waals surface area contributed by atoms with Crippen molar-refractivity contribution < 1.29 is 24.2 Å². The molecule has 0 spiro atoms. The van der Waals surface area contributed by atoms with Crippen molar-refractivity contribution in [1.82, 2.24) is 4.90 Å². The molecule has 1 N–H and O–H groups in total. The van der Waals surface area contributed by atoms with E-state index in [1.165, 1.54) is 18.9 Å². The molecule has 6 heteroatoms. The number of aliphatic hydroxyl groups is 1. The van der Waals surface area contributed by atoms with E-state index in [0.717, 1.165) is 23.3 Å². The summed E-state index contributed by atoms with van der Waals surface area (Å²) in [5, 5.41) is 12.2. The normalized spacial score (nSPS) is 24.9. The maximum atomic E-state index is 13.1. The van der Waals surface area contributed by atoms with E-state index in [1.807, 2.05) is 18.2 Å². The Labute approximate surface area is 203 Å². The van der Waals surface area contributed by atoms with E-state index in [4.69, 9.17) is 9.47 Å². The molecule has 184 valence electrons. The molecule has 1 amide bonds. The summed E-state index contributed by atoms with van der Waals surface area (Å²) in [6, 6.07) is 4.46. The van der Waals surface area contributed by atoms with Gasteiger partial charge in [0.2, 0.25) is 0 Å². The second-order valence-electron chi connectivity index (χ2n) is 11.5. The molecule has 2 unspecified atom stereocenters. The van der Waals surface area contributed by atoms with Crippen molar-refractivity contribution in [1.29, 1.82) is 0 Å². The summed E-state index contributed by atoms with van der Waals surface area (Å²) in [6.45, 7) is 15.7. The number of carbonyl (C=O) groups is 2. The minimum absolute atomic E-state index is 0.00608. The van der Waals surface area contributed by atoms with Crippen LogP contribution in [0.3, 0.4) is 0 Å². The van der Waals surface area contributed by atoms with Crippen molar-refractivity contribution in [2.45, 2.75) is 96.3 Å². The molecule has 0 bridgehead atoms. The maximum absolute atomic E-state index is 13.1. The summed E-state index contributed by atoms with van der Waals surface area (Å²) in [5.74, 6) is 4.96. The van der Waals surface area contributed by atoms with Crippen LogP contribution in [0.5, 0.6) is 0 Å². The Morgan fingerprint density at radius 1 is 1.09 bits per heavy atom. The molecule has 1 aliphatic carbocycles. The van der Waals surface area contributed by atoms with E-state index in [-0.39, 0.29) is 16.4 Å². The highest BCUT2D eigenvalue weighted by Crippen LogP contribution is 2.49. The lowest BCUT2D eigenvalue weighted by atomic mass is 9.62. The number of fused-ring (bicyclic) bond motifs is 1. The molecule has 34 heavy (non-hydrogen) atoms. The third-order valence-electron chi connectivity index (χ3n) is 6.93. The average molecular weight is 468 g/mol. The lowest BCUT2D eigenvalue weighted by molar-refractivity contribution is -0.152. The van der Waals surface area contributed by atoms with E-state index in [9.17, 15) is 14.7 Å². The number of hydrogen-bond donors (Lipinski definition) is 1. The number of rotatable bonds is 2. The van der Waals surface area contributed by atoms with Gasteiger partial charge in [0.1, 0.15) is 5.60 Å². The van der Waals surface area contributed by atoms with Crippen molar-refractivity contribution in [2.75, 3.05) is 7.11 Å². The predicted molar refractivity (Wildman–Crippen MR) is 131 cm³/mol. The van der Waals surface area contributed by atoms with Gasteiger partial charge in [0, 0.05) is 6.20 Å². The zero-order valence-corrected chi connectivity index (χ0v) is 21.8. The molecule has 6 nitrogen and oxygen atoms in total. The Morgan fingerprint density at radius 2 is 1.68 bits per heavy atom. The van der Waals surface area contributed by atoms with Gasteiger partial charge in [0.15, 0.2) is 11.6 Å². The largest absolute Gasteiger partial charge is 0.467 e. The van der Waals surface area contributed by atoms with Gasteiger partial charge in [-0.3, -0.25) is 4.90 Å². The van der Waals surface area contributed by atoms with Gasteiger partial charge in [-0.25, -0.2) is 9.59 Å². The molecule has 2 atom stereocenters. The summed E-state index contributed by atoms with van der Waals surface area (Å²) in [6.07, 6.45) is 2.70. The van der Waals surface area contributed by atoms with Crippen LogP contribution in [-0.2, 0) is 30.7 Å². The first-order valence-electron chi connectivity index (χ1n) is 11.7. The Morgan fingerprint density at radius 3 is 2.21 bits per heavy atom. The van der Waals surface area contributed by atoms with Gasteiger partial charge < -0.3 is 14.6 Å². The van der Waals surface area contributed by atoms with Crippen molar-refractivity contribution in [3.8, 4) is 11.8 Å². The lowest BCUT2D eigenvalue weighted by Gasteiger charge is -2.43. The molecule has 0 saturated heterocycles. The van der Waals surface area contributed by atoms with E-state index in [1.54, 1.807) is 27.7 Å². The maximum Gasteiger partial charge on any atom is 0.415 e. The number of esters is 1.